The highest BCUT2D eigenvalue weighted by atomic mass is 35.5. The van der Waals surface area contributed by atoms with Crippen LogP contribution >= 0.6 is 11.6 Å². The monoisotopic (exact) mass is 255 g/mol. The first kappa shape index (κ1) is 13.8. The zero-order valence-corrected chi connectivity index (χ0v) is 11.1. The second kappa shape index (κ2) is 5.41. The molecule has 0 heterocycles. The fraction of sp³-hybridized carbons (Fsp3) is 0.462. The van der Waals surface area contributed by atoms with Crippen LogP contribution in [-0.4, -0.2) is 22.4 Å². The fourth-order valence-corrected chi connectivity index (χ4v) is 1.90. The highest BCUT2D eigenvalue weighted by molar-refractivity contribution is 6.17. The summed E-state index contributed by atoms with van der Waals surface area (Å²) in [5.41, 5.74) is 0.858. The first-order valence-corrected chi connectivity index (χ1v) is 6.07. The van der Waals surface area contributed by atoms with E-state index in [0.717, 1.165) is 5.56 Å². The van der Waals surface area contributed by atoms with Gasteiger partial charge in [0.15, 0.2) is 0 Å². The third kappa shape index (κ3) is 3.93. The van der Waals surface area contributed by atoms with Gasteiger partial charge in [-0.25, -0.2) is 0 Å². The summed E-state index contributed by atoms with van der Waals surface area (Å²) in [6.07, 6.45) is 0.693. The van der Waals surface area contributed by atoms with Crippen molar-refractivity contribution in [3.63, 3.8) is 0 Å². The van der Waals surface area contributed by atoms with Crippen molar-refractivity contribution in [3.05, 3.63) is 29.3 Å². The lowest BCUT2D eigenvalue weighted by Gasteiger charge is -2.25. The van der Waals surface area contributed by atoms with E-state index in [1.54, 1.807) is 19.1 Å². The van der Waals surface area contributed by atoms with E-state index >= 15 is 0 Å². The molecule has 3 nitrogen and oxygen atoms in total. The van der Waals surface area contributed by atoms with Crippen molar-refractivity contribution in [1.82, 2.24) is 5.32 Å². The van der Waals surface area contributed by atoms with Crippen molar-refractivity contribution in [2.24, 2.45) is 0 Å². The van der Waals surface area contributed by atoms with Crippen molar-refractivity contribution in [1.29, 1.82) is 0 Å². The van der Waals surface area contributed by atoms with Gasteiger partial charge >= 0.3 is 0 Å². The smallest absolute Gasteiger partial charge is 0.251 e. The zero-order chi connectivity index (χ0) is 13.1. The molecule has 0 saturated heterocycles. The number of alkyl halides is 1. The SMILES string of the molecule is Cc1ccc(C(=O)NC(C)(C)CCCl)cc1O. The maximum Gasteiger partial charge on any atom is 0.251 e. The minimum absolute atomic E-state index is 0.132. The number of rotatable bonds is 4. The number of amides is 1. The molecule has 94 valence electrons. The number of phenolic OH excluding ortho intramolecular Hbond substituents is 1. The molecule has 0 unspecified atom stereocenters. The second-order valence-electron chi connectivity index (χ2n) is 4.78. The van der Waals surface area contributed by atoms with Gasteiger partial charge < -0.3 is 10.4 Å². The lowest BCUT2D eigenvalue weighted by molar-refractivity contribution is 0.0911. The number of aromatic hydroxyl groups is 1. The lowest BCUT2D eigenvalue weighted by atomic mass is 10.0. The molecule has 0 spiro atoms. The van der Waals surface area contributed by atoms with Crippen LogP contribution in [0.2, 0.25) is 0 Å². The van der Waals surface area contributed by atoms with Crippen LogP contribution in [0.25, 0.3) is 0 Å². The molecule has 0 aliphatic rings. The van der Waals surface area contributed by atoms with E-state index in [1.807, 2.05) is 13.8 Å². The maximum atomic E-state index is 11.9. The summed E-state index contributed by atoms with van der Waals surface area (Å²) in [6, 6.07) is 4.89. The minimum Gasteiger partial charge on any atom is -0.508 e. The van der Waals surface area contributed by atoms with Gasteiger partial charge in [0.2, 0.25) is 0 Å². The van der Waals surface area contributed by atoms with E-state index in [9.17, 15) is 9.90 Å². The van der Waals surface area contributed by atoms with Gasteiger partial charge in [-0.15, -0.1) is 11.6 Å². The molecule has 0 bridgehead atoms. The van der Waals surface area contributed by atoms with Gasteiger partial charge in [0, 0.05) is 17.0 Å². The molecule has 0 aromatic heterocycles. The second-order valence-corrected chi connectivity index (χ2v) is 5.16. The van der Waals surface area contributed by atoms with E-state index in [1.165, 1.54) is 6.07 Å². The molecule has 1 aromatic carbocycles. The van der Waals surface area contributed by atoms with Crippen molar-refractivity contribution >= 4 is 17.5 Å². The topological polar surface area (TPSA) is 49.3 Å². The molecule has 2 N–H and O–H groups in total. The van der Waals surface area contributed by atoms with E-state index in [2.05, 4.69) is 5.32 Å². The third-order valence-corrected chi connectivity index (χ3v) is 2.83. The van der Waals surface area contributed by atoms with Gasteiger partial charge in [0.05, 0.1) is 0 Å². The Balaban J connectivity index is 2.80. The van der Waals surface area contributed by atoms with Gasteiger partial charge in [-0.05, 0) is 44.9 Å². The summed E-state index contributed by atoms with van der Waals surface area (Å²) in [5.74, 6) is 0.426. The lowest BCUT2D eigenvalue weighted by Crippen LogP contribution is -2.43. The molecule has 0 aliphatic carbocycles. The Morgan fingerprint density at radius 1 is 1.47 bits per heavy atom. The number of nitrogens with one attached hydrogen (secondary N) is 1. The van der Waals surface area contributed by atoms with Crippen LogP contribution in [0.4, 0.5) is 0 Å². The first-order valence-electron chi connectivity index (χ1n) is 5.54. The summed E-state index contributed by atoms with van der Waals surface area (Å²) in [4.78, 5) is 11.9. The largest absolute Gasteiger partial charge is 0.508 e. The van der Waals surface area contributed by atoms with Crippen LogP contribution in [0.5, 0.6) is 5.75 Å². The molecule has 1 amide bonds. The van der Waals surface area contributed by atoms with Crippen LogP contribution in [0, 0.1) is 6.92 Å². The molecule has 4 heteroatoms. The molecular weight excluding hydrogens is 238 g/mol. The number of aryl methyl sites for hydroxylation is 1. The first-order chi connectivity index (χ1) is 7.85. The average molecular weight is 256 g/mol. The van der Waals surface area contributed by atoms with E-state index in [0.29, 0.717) is 17.9 Å². The molecule has 0 saturated carbocycles. The Labute approximate surface area is 107 Å². The van der Waals surface area contributed by atoms with Crippen LogP contribution in [0.15, 0.2) is 18.2 Å². The number of halogens is 1. The third-order valence-electron chi connectivity index (χ3n) is 2.64. The average Bonchev–Trinajstić information content (AvgIpc) is 2.21. The highest BCUT2D eigenvalue weighted by Crippen LogP contribution is 2.18. The van der Waals surface area contributed by atoms with Crippen LogP contribution in [-0.2, 0) is 0 Å². The summed E-state index contributed by atoms with van der Waals surface area (Å²) < 4.78 is 0. The van der Waals surface area contributed by atoms with Crippen molar-refractivity contribution in [2.75, 3.05) is 5.88 Å². The van der Waals surface area contributed by atoms with Crippen LogP contribution in [0.3, 0.4) is 0 Å². The van der Waals surface area contributed by atoms with E-state index in [-0.39, 0.29) is 17.2 Å². The molecule has 0 atom stereocenters. The van der Waals surface area contributed by atoms with Gasteiger partial charge in [-0.2, -0.15) is 0 Å². The number of benzene rings is 1. The number of carbonyl (C=O) groups is 1. The number of carbonyl (C=O) groups excluding carboxylic acids is 1. The molecule has 1 rings (SSSR count). The van der Waals surface area contributed by atoms with Gasteiger partial charge in [0.1, 0.15) is 5.75 Å². The zero-order valence-electron chi connectivity index (χ0n) is 10.4. The summed E-state index contributed by atoms with van der Waals surface area (Å²) in [7, 11) is 0. The Morgan fingerprint density at radius 3 is 2.65 bits per heavy atom. The molecule has 17 heavy (non-hydrogen) atoms. The van der Waals surface area contributed by atoms with Gasteiger partial charge in [-0.3, -0.25) is 4.79 Å². The maximum absolute atomic E-state index is 11.9. The summed E-state index contributed by atoms with van der Waals surface area (Å²) >= 11 is 5.67. The summed E-state index contributed by atoms with van der Waals surface area (Å²) in [5, 5.41) is 12.4. The van der Waals surface area contributed by atoms with Crippen molar-refractivity contribution < 1.29 is 9.90 Å². The summed E-state index contributed by atoms with van der Waals surface area (Å²) in [6.45, 7) is 5.62. The van der Waals surface area contributed by atoms with Crippen molar-refractivity contribution in [3.8, 4) is 5.75 Å². The van der Waals surface area contributed by atoms with Crippen LogP contribution < -0.4 is 5.32 Å². The standard InChI is InChI=1S/C13H18ClNO2/c1-9-4-5-10(8-11(9)16)12(17)15-13(2,3)6-7-14/h4-5,8,16H,6-7H2,1-3H3,(H,15,17). The molecule has 0 fully saturated rings. The van der Waals surface area contributed by atoms with Crippen molar-refractivity contribution in [2.45, 2.75) is 32.7 Å². The predicted octanol–water partition coefficient (Wildman–Crippen LogP) is 2.84. The molecular formula is C13H18ClNO2. The Bertz CT molecular complexity index is 416. The number of hydrogen-bond donors (Lipinski definition) is 2. The predicted molar refractivity (Wildman–Crippen MR) is 69.7 cm³/mol. The normalized spacial score (nSPS) is 11.3. The van der Waals surface area contributed by atoms with Gasteiger partial charge in [-0.1, -0.05) is 6.07 Å². The Kier molecular flexibility index (Phi) is 4.40. The number of phenols is 1. The Hall–Kier alpha value is -1.22. The number of hydrogen-bond acceptors (Lipinski definition) is 2. The van der Waals surface area contributed by atoms with E-state index in [4.69, 9.17) is 11.6 Å². The fourth-order valence-electron chi connectivity index (χ4n) is 1.43. The van der Waals surface area contributed by atoms with Gasteiger partial charge in [0.25, 0.3) is 5.91 Å². The quantitative estimate of drug-likeness (QED) is 0.813. The highest BCUT2D eigenvalue weighted by Gasteiger charge is 2.20. The van der Waals surface area contributed by atoms with E-state index < -0.39 is 0 Å². The minimum atomic E-state index is -0.348. The molecule has 0 aliphatic heterocycles. The van der Waals surface area contributed by atoms with Crippen LogP contribution in [0.1, 0.15) is 36.2 Å². The molecule has 0 radical (unpaired) electrons. The Morgan fingerprint density at radius 2 is 2.12 bits per heavy atom. The molecule has 1 aromatic rings.